The number of thiazole rings is 1. The van der Waals surface area contributed by atoms with Gasteiger partial charge >= 0.3 is 5.97 Å². The first kappa shape index (κ1) is 26.2. The standard InChI is InChI=1S/C27H26Cl2N2O4S/c1-4-6-12-35-24-18(28)13-16(14-19(24)29)15-21-25(32)31-23(17-10-8-7-9-11-17)22(26(33)34-3)20(5-2)30-27(31)36-21/h7-11,13-15,23H,4-6,12H2,1-3H3/b21-15-/t23-/m1/s1. The van der Waals surface area contributed by atoms with Crippen LogP contribution in [-0.2, 0) is 9.53 Å². The van der Waals surface area contributed by atoms with E-state index in [1.807, 2.05) is 37.3 Å². The topological polar surface area (TPSA) is 69.9 Å². The number of benzene rings is 2. The Morgan fingerprint density at radius 1 is 1.17 bits per heavy atom. The molecular formula is C27H26Cl2N2O4S. The number of rotatable bonds is 8. The van der Waals surface area contributed by atoms with Gasteiger partial charge in [0.2, 0.25) is 0 Å². The first-order chi connectivity index (χ1) is 17.4. The lowest BCUT2D eigenvalue weighted by atomic mass is 9.95. The first-order valence-corrected chi connectivity index (χ1v) is 13.3. The highest BCUT2D eigenvalue weighted by Crippen LogP contribution is 2.35. The average Bonchev–Trinajstić information content (AvgIpc) is 3.19. The maximum atomic E-state index is 13.7. The molecule has 2 heterocycles. The molecule has 4 rings (SSSR count). The first-order valence-electron chi connectivity index (χ1n) is 11.7. The summed E-state index contributed by atoms with van der Waals surface area (Å²) in [5.74, 6) is -0.0688. The molecule has 0 radical (unpaired) electrons. The Bertz CT molecular complexity index is 1470. The number of unbranched alkanes of at least 4 members (excludes halogenated alkanes) is 1. The van der Waals surface area contributed by atoms with Gasteiger partial charge in [0, 0.05) is 0 Å². The van der Waals surface area contributed by atoms with Crippen molar-refractivity contribution in [3.63, 3.8) is 0 Å². The fraction of sp³-hybridized carbons (Fsp3) is 0.296. The number of fused-ring (bicyclic) bond motifs is 1. The van der Waals surface area contributed by atoms with Crippen LogP contribution in [0.2, 0.25) is 10.0 Å². The lowest BCUT2D eigenvalue weighted by Crippen LogP contribution is -2.40. The maximum absolute atomic E-state index is 13.7. The van der Waals surface area contributed by atoms with Gasteiger partial charge in [-0.25, -0.2) is 9.79 Å². The van der Waals surface area contributed by atoms with Crippen molar-refractivity contribution in [3.05, 3.63) is 94.6 Å². The summed E-state index contributed by atoms with van der Waals surface area (Å²) >= 11 is 14.1. The molecule has 0 unspecified atom stereocenters. The number of carbonyl (C=O) groups excluding carboxylic acids is 1. The SMILES string of the molecule is CCCCOc1c(Cl)cc(/C=c2\sc3n(c2=O)[C@H](c2ccccc2)C(C(=O)OC)=C(CC)N=3)cc1Cl. The highest BCUT2D eigenvalue weighted by molar-refractivity contribution is 7.07. The van der Waals surface area contributed by atoms with Crippen molar-refractivity contribution >= 4 is 46.6 Å². The molecule has 0 saturated heterocycles. The van der Waals surface area contributed by atoms with Crippen LogP contribution in [0.5, 0.6) is 5.75 Å². The van der Waals surface area contributed by atoms with Gasteiger partial charge in [0.25, 0.3) is 5.56 Å². The van der Waals surface area contributed by atoms with E-state index in [2.05, 4.69) is 11.9 Å². The van der Waals surface area contributed by atoms with Crippen molar-refractivity contribution in [2.45, 2.75) is 39.2 Å². The second-order valence-corrected chi connectivity index (χ2v) is 10.0. The van der Waals surface area contributed by atoms with Gasteiger partial charge < -0.3 is 9.47 Å². The number of ether oxygens (including phenoxy) is 2. The van der Waals surface area contributed by atoms with Crippen LogP contribution >= 0.6 is 34.5 Å². The third-order valence-electron chi connectivity index (χ3n) is 5.83. The minimum atomic E-state index is -0.645. The predicted molar refractivity (Wildman–Crippen MR) is 144 cm³/mol. The minimum absolute atomic E-state index is 0.264. The lowest BCUT2D eigenvalue weighted by molar-refractivity contribution is -0.136. The second-order valence-electron chi connectivity index (χ2n) is 8.21. The number of esters is 1. The zero-order valence-electron chi connectivity index (χ0n) is 20.2. The number of hydrogen-bond acceptors (Lipinski definition) is 6. The highest BCUT2D eigenvalue weighted by Gasteiger charge is 2.33. The molecule has 0 N–H and O–H groups in total. The molecule has 1 aliphatic heterocycles. The third kappa shape index (κ3) is 5.14. The van der Waals surface area contributed by atoms with Gasteiger partial charge in [0.05, 0.1) is 45.6 Å². The quantitative estimate of drug-likeness (QED) is 0.285. The van der Waals surface area contributed by atoms with Crippen LogP contribution in [0.25, 0.3) is 6.08 Å². The van der Waals surface area contributed by atoms with Gasteiger partial charge in [-0.05, 0) is 42.2 Å². The number of halogens is 2. The molecular weight excluding hydrogens is 519 g/mol. The molecule has 6 nitrogen and oxygen atoms in total. The van der Waals surface area contributed by atoms with Gasteiger partial charge in [-0.1, -0.05) is 85.1 Å². The molecule has 0 spiro atoms. The smallest absolute Gasteiger partial charge is 0.338 e. The molecule has 2 aromatic carbocycles. The number of hydrogen-bond donors (Lipinski definition) is 0. The van der Waals surface area contributed by atoms with Crippen LogP contribution in [0.3, 0.4) is 0 Å². The molecule has 3 aromatic rings. The number of allylic oxidation sites excluding steroid dienone is 1. The van der Waals surface area contributed by atoms with Crippen molar-refractivity contribution in [2.24, 2.45) is 4.99 Å². The fourth-order valence-electron chi connectivity index (χ4n) is 4.09. The summed E-state index contributed by atoms with van der Waals surface area (Å²) in [4.78, 5) is 31.7. The number of carbonyl (C=O) groups is 1. The Kier molecular flexibility index (Phi) is 8.34. The second kappa shape index (κ2) is 11.5. The van der Waals surface area contributed by atoms with E-state index in [0.29, 0.717) is 55.0 Å². The van der Waals surface area contributed by atoms with Gasteiger partial charge in [0.1, 0.15) is 0 Å². The van der Waals surface area contributed by atoms with Crippen molar-refractivity contribution in [1.29, 1.82) is 0 Å². The molecule has 1 aliphatic rings. The van der Waals surface area contributed by atoms with Crippen LogP contribution in [0, 0.1) is 0 Å². The van der Waals surface area contributed by atoms with Gasteiger partial charge in [-0.15, -0.1) is 0 Å². The third-order valence-corrected chi connectivity index (χ3v) is 7.37. The maximum Gasteiger partial charge on any atom is 0.338 e. The summed E-state index contributed by atoms with van der Waals surface area (Å²) in [7, 11) is 1.33. The van der Waals surface area contributed by atoms with E-state index in [1.165, 1.54) is 18.4 Å². The average molecular weight is 545 g/mol. The molecule has 0 fully saturated rings. The fourth-order valence-corrected chi connectivity index (χ4v) is 5.72. The minimum Gasteiger partial charge on any atom is -0.490 e. The predicted octanol–water partition coefficient (Wildman–Crippen LogP) is 5.28. The van der Waals surface area contributed by atoms with E-state index >= 15 is 0 Å². The molecule has 188 valence electrons. The molecule has 1 aromatic heterocycles. The summed E-state index contributed by atoms with van der Waals surface area (Å²) in [5.41, 5.74) is 2.16. The number of methoxy groups -OCH3 is 1. The van der Waals surface area contributed by atoms with Crippen LogP contribution in [-0.4, -0.2) is 24.3 Å². The summed E-state index contributed by atoms with van der Waals surface area (Å²) < 4.78 is 12.8. The summed E-state index contributed by atoms with van der Waals surface area (Å²) in [6, 6.07) is 12.2. The van der Waals surface area contributed by atoms with Crippen molar-refractivity contribution < 1.29 is 14.3 Å². The zero-order valence-corrected chi connectivity index (χ0v) is 22.5. The molecule has 0 aliphatic carbocycles. The number of aromatic nitrogens is 1. The van der Waals surface area contributed by atoms with E-state index in [1.54, 1.807) is 22.8 Å². The Balaban J connectivity index is 1.87. The summed E-state index contributed by atoms with van der Waals surface area (Å²) in [6.45, 7) is 4.52. The van der Waals surface area contributed by atoms with Crippen LogP contribution in [0.1, 0.15) is 50.3 Å². The Labute approximate surface area is 223 Å². The normalized spacial score (nSPS) is 15.5. The Hall–Kier alpha value is -2.87. The largest absolute Gasteiger partial charge is 0.490 e. The van der Waals surface area contributed by atoms with Crippen molar-refractivity contribution in [1.82, 2.24) is 4.57 Å². The lowest BCUT2D eigenvalue weighted by Gasteiger charge is -2.25. The van der Waals surface area contributed by atoms with Crippen molar-refractivity contribution in [3.8, 4) is 5.75 Å². The van der Waals surface area contributed by atoms with E-state index < -0.39 is 12.0 Å². The van der Waals surface area contributed by atoms with Gasteiger partial charge in [0.15, 0.2) is 10.6 Å². The van der Waals surface area contributed by atoms with Crippen LogP contribution in [0.15, 0.2) is 63.5 Å². The van der Waals surface area contributed by atoms with E-state index in [0.717, 1.165) is 18.4 Å². The monoisotopic (exact) mass is 544 g/mol. The highest BCUT2D eigenvalue weighted by atomic mass is 35.5. The zero-order chi connectivity index (χ0) is 25.8. The van der Waals surface area contributed by atoms with Gasteiger partial charge in [-0.2, -0.15) is 0 Å². The van der Waals surface area contributed by atoms with E-state index in [9.17, 15) is 9.59 Å². The van der Waals surface area contributed by atoms with Crippen molar-refractivity contribution in [2.75, 3.05) is 13.7 Å². The summed E-state index contributed by atoms with van der Waals surface area (Å²) in [6.07, 6.45) is 4.14. The van der Waals surface area contributed by atoms with Crippen LogP contribution < -0.4 is 19.6 Å². The Morgan fingerprint density at radius 3 is 2.47 bits per heavy atom. The molecule has 0 bridgehead atoms. The number of nitrogens with zero attached hydrogens (tertiary/aromatic N) is 2. The van der Waals surface area contributed by atoms with Gasteiger partial charge in [-0.3, -0.25) is 9.36 Å². The summed E-state index contributed by atoms with van der Waals surface area (Å²) in [5, 5.41) is 0.752. The Morgan fingerprint density at radius 2 is 1.86 bits per heavy atom. The van der Waals surface area contributed by atoms with E-state index in [-0.39, 0.29) is 5.56 Å². The van der Waals surface area contributed by atoms with E-state index in [4.69, 9.17) is 32.7 Å². The molecule has 0 saturated carbocycles. The molecule has 1 atom stereocenters. The molecule has 36 heavy (non-hydrogen) atoms. The van der Waals surface area contributed by atoms with Crippen LogP contribution in [0.4, 0.5) is 0 Å². The molecule has 9 heteroatoms. The molecule has 0 amide bonds.